The van der Waals surface area contributed by atoms with Crippen LogP contribution >= 0.6 is 0 Å². The molecule has 1 aliphatic rings. The molecule has 1 aliphatic heterocycles. The normalized spacial score (nSPS) is 17.3. The van der Waals surface area contributed by atoms with Gasteiger partial charge in [0.25, 0.3) is 5.91 Å². The molecule has 0 radical (unpaired) electrons. The van der Waals surface area contributed by atoms with Crippen molar-refractivity contribution in [1.82, 2.24) is 4.90 Å². The van der Waals surface area contributed by atoms with E-state index < -0.39 is 0 Å². The average Bonchev–Trinajstić information content (AvgIpc) is 2.73. The number of benzene rings is 2. The first kappa shape index (κ1) is 19.8. The Morgan fingerprint density at radius 3 is 2.46 bits per heavy atom. The zero-order valence-electron chi connectivity index (χ0n) is 16.4. The van der Waals surface area contributed by atoms with Gasteiger partial charge in [-0.05, 0) is 48.7 Å². The molecule has 1 atom stereocenters. The highest BCUT2D eigenvalue weighted by atomic mass is 16.5. The molecule has 28 heavy (non-hydrogen) atoms. The zero-order chi connectivity index (χ0) is 19.9. The molecule has 5 nitrogen and oxygen atoms in total. The molecule has 1 fully saturated rings. The monoisotopic (exact) mass is 378 g/mol. The van der Waals surface area contributed by atoms with Crippen LogP contribution in [0.4, 0.5) is 5.69 Å². The SMILES string of the molecule is CC/C(=C\C(=O)Nc1ccc(C(=O)N2CCOCC2C)cc1)c1ccccc1. The summed E-state index contributed by atoms with van der Waals surface area (Å²) in [6.07, 6.45) is 2.40. The number of hydrogen-bond acceptors (Lipinski definition) is 3. The molecule has 2 amide bonds. The largest absolute Gasteiger partial charge is 0.377 e. The molecule has 2 aromatic carbocycles. The van der Waals surface area contributed by atoms with E-state index in [1.54, 1.807) is 30.3 Å². The van der Waals surface area contributed by atoms with Gasteiger partial charge in [0.15, 0.2) is 0 Å². The number of anilines is 1. The van der Waals surface area contributed by atoms with E-state index in [-0.39, 0.29) is 17.9 Å². The van der Waals surface area contributed by atoms with E-state index in [1.807, 2.05) is 49.1 Å². The summed E-state index contributed by atoms with van der Waals surface area (Å²) in [5.41, 5.74) is 3.30. The van der Waals surface area contributed by atoms with Crippen molar-refractivity contribution < 1.29 is 14.3 Å². The van der Waals surface area contributed by atoms with Gasteiger partial charge in [-0.3, -0.25) is 9.59 Å². The van der Waals surface area contributed by atoms with Crippen LogP contribution in [0.5, 0.6) is 0 Å². The maximum Gasteiger partial charge on any atom is 0.254 e. The van der Waals surface area contributed by atoms with Crippen LogP contribution < -0.4 is 5.32 Å². The van der Waals surface area contributed by atoms with Gasteiger partial charge in [0.05, 0.1) is 19.3 Å². The fourth-order valence-electron chi connectivity index (χ4n) is 3.27. The van der Waals surface area contributed by atoms with Crippen molar-refractivity contribution in [3.8, 4) is 0 Å². The van der Waals surface area contributed by atoms with Gasteiger partial charge in [-0.1, -0.05) is 37.3 Å². The van der Waals surface area contributed by atoms with Crippen LogP contribution in [0.15, 0.2) is 60.7 Å². The van der Waals surface area contributed by atoms with Crippen LogP contribution in [-0.2, 0) is 9.53 Å². The Morgan fingerprint density at radius 1 is 1.11 bits per heavy atom. The van der Waals surface area contributed by atoms with Crippen LogP contribution in [0, 0.1) is 0 Å². The van der Waals surface area contributed by atoms with Crippen molar-refractivity contribution in [2.75, 3.05) is 25.1 Å². The Kier molecular flexibility index (Phi) is 6.61. The number of morpholine rings is 1. The van der Waals surface area contributed by atoms with Crippen molar-refractivity contribution >= 4 is 23.1 Å². The van der Waals surface area contributed by atoms with E-state index in [2.05, 4.69) is 5.32 Å². The van der Waals surface area contributed by atoms with Crippen molar-refractivity contribution in [2.45, 2.75) is 26.3 Å². The quantitative estimate of drug-likeness (QED) is 0.801. The minimum Gasteiger partial charge on any atom is -0.377 e. The summed E-state index contributed by atoms with van der Waals surface area (Å²) in [6.45, 7) is 5.74. The van der Waals surface area contributed by atoms with E-state index in [0.717, 1.165) is 17.6 Å². The molecule has 0 saturated carbocycles. The molecule has 1 N–H and O–H groups in total. The van der Waals surface area contributed by atoms with Crippen LogP contribution in [0.3, 0.4) is 0 Å². The number of ether oxygens (including phenoxy) is 1. The molecule has 2 aromatic rings. The van der Waals surface area contributed by atoms with Crippen molar-refractivity contribution in [2.24, 2.45) is 0 Å². The number of carbonyl (C=O) groups is 2. The first-order valence-corrected chi connectivity index (χ1v) is 9.64. The summed E-state index contributed by atoms with van der Waals surface area (Å²) >= 11 is 0. The van der Waals surface area contributed by atoms with Crippen molar-refractivity contribution in [1.29, 1.82) is 0 Å². The molecule has 146 valence electrons. The third kappa shape index (κ3) is 4.87. The second-order valence-electron chi connectivity index (χ2n) is 6.88. The molecule has 1 saturated heterocycles. The summed E-state index contributed by atoms with van der Waals surface area (Å²) in [5, 5.41) is 2.87. The van der Waals surface area contributed by atoms with Gasteiger partial charge in [0.1, 0.15) is 0 Å². The number of amides is 2. The van der Waals surface area contributed by atoms with Gasteiger partial charge in [-0.2, -0.15) is 0 Å². The van der Waals surface area contributed by atoms with Gasteiger partial charge < -0.3 is 15.0 Å². The van der Waals surface area contributed by atoms with Gasteiger partial charge in [-0.15, -0.1) is 0 Å². The maximum atomic E-state index is 12.7. The average molecular weight is 378 g/mol. The molecule has 3 rings (SSSR count). The first-order chi connectivity index (χ1) is 13.6. The number of nitrogens with one attached hydrogen (secondary N) is 1. The summed E-state index contributed by atoms with van der Waals surface area (Å²) in [7, 11) is 0. The molecule has 0 aromatic heterocycles. The predicted molar refractivity (Wildman–Crippen MR) is 111 cm³/mol. The highest BCUT2D eigenvalue weighted by molar-refractivity contribution is 6.04. The molecular formula is C23H26N2O3. The minimum absolute atomic E-state index is 0.00841. The Balaban J connectivity index is 1.66. The Hall–Kier alpha value is -2.92. The van der Waals surface area contributed by atoms with Crippen molar-refractivity contribution in [3.05, 3.63) is 71.8 Å². The fraction of sp³-hybridized carbons (Fsp3) is 0.304. The second kappa shape index (κ2) is 9.33. The zero-order valence-corrected chi connectivity index (χ0v) is 16.4. The number of carbonyl (C=O) groups excluding carboxylic acids is 2. The third-order valence-electron chi connectivity index (χ3n) is 4.86. The van der Waals surface area contributed by atoms with E-state index in [4.69, 9.17) is 4.74 Å². The second-order valence-corrected chi connectivity index (χ2v) is 6.88. The first-order valence-electron chi connectivity index (χ1n) is 9.64. The summed E-state index contributed by atoms with van der Waals surface area (Å²) in [6, 6.07) is 17.0. The number of nitrogens with zero attached hydrogens (tertiary/aromatic N) is 1. The topological polar surface area (TPSA) is 58.6 Å². The number of allylic oxidation sites excluding steroid dienone is 1. The van der Waals surface area contributed by atoms with Gasteiger partial charge in [-0.25, -0.2) is 0 Å². The summed E-state index contributed by atoms with van der Waals surface area (Å²) in [5.74, 6) is -0.187. The molecule has 5 heteroatoms. The fourth-order valence-corrected chi connectivity index (χ4v) is 3.27. The molecule has 0 bridgehead atoms. The predicted octanol–water partition coefficient (Wildman–Crippen LogP) is 3.98. The molecule has 1 heterocycles. The lowest BCUT2D eigenvalue weighted by Gasteiger charge is -2.33. The summed E-state index contributed by atoms with van der Waals surface area (Å²) in [4.78, 5) is 26.9. The van der Waals surface area contributed by atoms with Crippen LogP contribution in [-0.4, -0.2) is 42.5 Å². The van der Waals surface area contributed by atoms with Crippen LogP contribution in [0.2, 0.25) is 0 Å². The standard InChI is InChI=1S/C23H26N2O3/c1-3-18(19-7-5-4-6-8-19)15-22(26)24-21-11-9-20(10-12-21)23(27)25-13-14-28-16-17(25)2/h4-12,15,17H,3,13-14,16H2,1-2H3,(H,24,26)/b18-15+. The maximum absolute atomic E-state index is 12.7. The van der Waals surface area contributed by atoms with Crippen molar-refractivity contribution in [3.63, 3.8) is 0 Å². The van der Waals surface area contributed by atoms with E-state index >= 15 is 0 Å². The minimum atomic E-state index is -0.179. The van der Waals surface area contributed by atoms with E-state index in [9.17, 15) is 9.59 Å². The van der Waals surface area contributed by atoms with Gasteiger partial charge >= 0.3 is 0 Å². The molecular weight excluding hydrogens is 352 g/mol. The lowest BCUT2D eigenvalue weighted by Crippen LogP contribution is -2.47. The van der Waals surface area contributed by atoms with Gasteiger partial charge in [0, 0.05) is 23.9 Å². The van der Waals surface area contributed by atoms with E-state index in [0.29, 0.717) is 31.0 Å². The van der Waals surface area contributed by atoms with Gasteiger partial charge in [0.2, 0.25) is 5.91 Å². The molecule has 0 aliphatic carbocycles. The van der Waals surface area contributed by atoms with Crippen LogP contribution in [0.1, 0.15) is 36.2 Å². The lowest BCUT2D eigenvalue weighted by atomic mass is 10.0. The smallest absolute Gasteiger partial charge is 0.254 e. The lowest BCUT2D eigenvalue weighted by molar-refractivity contribution is -0.111. The Morgan fingerprint density at radius 2 is 1.82 bits per heavy atom. The highest BCUT2D eigenvalue weighted by Gasteiger charge is 2.24. The third-order valence-corrected chi connectivity index (χ3v) is 4.86. The number of hydrogen-bond donors (Lipinski definition) is 1. The molecule has 0 spiro atoms. The summed E-state index contributed by atoms with van der Waals surface area (Å²) < 4.78 is 5.39. The Bertz CT molecular complexity index is 844. The Labute approximate surface area is 166 Å². The van der Waals surface area contributed by atoms with Crippen LogP contribution in [0.25, 0.3) is 5.57 Å². The number of rotatable bonds is 5. The molecule has 1 unspecified atom stereocenters. The highest BCUT2D eigenvalue weighted by Crippen LogP contribution is 2.19. The van der Waals surface area contributed by atoms with E-state index in [1.165, 1.54) is 0 Å².